The van der Waals surface area contributed by atoms with Crippen LogP contribution in [0.3, 0.4) is 0 Å². The summed E-state index contributed by atoms with van der Waals surface area (Å²) >= 11 is 5.61. The van der Waals surface area contributed by atoms with Gasteiger partial charge in [-0.2, -0.15) is 0 Å². The predicted octanol–water partition coefficient (Wildman–Crippen LogP) is 4.50. The largest absolute Gasteiger partial charge is 0.378 e. The maximum absolute atomic E-state index is 13.4. The number of benzene rings is 3. The van der Waals surface area contributed by atoms with E-state index < -0.39 is 11.8 Å². The highest BCUT2D eigenvalue weighted by Crippen LogP contribution is 2.29. The van der Waals surface area contributed by atoms with Gasteiger partial charge < -0.3 is 4.90 Å². The second-order valence-electron chi connectivity index (χ2n) is 7.28. The highest BCUT2D eigenvalue weighted by atomic mass is 32.1. The Labute approximate surface area is 186 Å². The van der Waals surface area contributed by atoms with Gasteiger partial charge in [0.05, 0.1) is 11.4 Å². The molecule has 1 aliphatic heterocycles. The second kappa shape index (κ2) is 8.53. The molecule has 1 fully saturated rings. The first-order chi connectivity index (χ1) is 15.0. The molecule has 0 spiro atoms. The third kappa shape index (κ3) is 3.98. The van der Waals surface area contributed by atoms with Gasteiger partial charge in [-0.1, -0.05) is 48.5 Å². The minimum atomic E-state index is -0.440. The van der Waals surface area contributed by atoms with Crippen molar-refractivity contribution in [3.05, 3.63) is 96.1 Å². The van der Waals surface area contributed by atoms with Gasteiger partial charge in [-0.15, -0.1) is 0 Å². The van der Waals surface area contributed by atoms with E-state index >= 15 is 0 Å². The average molecular weight is 428 g/mol. The fourth-order valence-electron chi connectivity index (χ4n) is 3.37. The molecule has 1 saturated heterocycles. The summed E-state index contributed by atoms with van der Waals surface area (Å²) < 4.78 is 0. The Morgan fingerprint density at radius 3 is 1.58 bits per heavy atom. The molecule has 31 heavy (non-hydrogen) atoms. The molecular weight excluding hydrogens is 406 g/mol. The fourth-order valence-corrected chi connectivity index (χ4v) is 3.75. The first kappa shape index (κ1) is 20.5. The van der Waals surface area contributed by atoms with Crippen LogP contribution in [0.4, 0.5) is 17.1 Å². The van der Waals surface area contributed by atoms with Crippen molar-refractivity contribution in [2.45, 2.75) is 0 Å². The Bertz CT molecular complexity index is 1090. The van der Waals surface area contributed by atoms with Crippen molar-refractivity contribution < 1.29 is 9.59 Å². The van der Waals surface area contributed by atoms with E-state index in [1.807, 2.05) is 79.7 Å². The molecule has 0 unspecified atom stereocenters. The summed E-state index contributed by atoms with van der Waals surface area (Å²) in [5.74, 6) is -0.880. The third-order valence-corrected chi connectivity index (χ3v) is 5.36. The van der Waals surface area contributed by atoms with E-state index in [2.05, 4.69) is 0 Å². The molecule has 0 radical (unpaired) electrons. The van der Waals surface area contributed by atoms with Crippen molar-refractivity contribution in [1.29, 1.82) is 0 Å². The summed E-state index contributed by atoms with van der Waals surface area (Å²) in [5, 5.41) is 0.132. The van der Waals surface area contributed by atoms with Crippen LogP contribution < -0.4 is 14.7 Å². The first-order valence-electron chi connectivity index (χ1n) is 9.79. The maximum Gasteiger partial charge on any atom is 0.270 e. The van der Waals surface area contributed by atoms with Crippen LogP contribution in [0.2, 0.25) is 0 Å². The number of carbonyl (C=O) groups excluding carboxylic acids is 2. The van der Waals surface area contributed by atoms with Crippen molar-refractivity contribution in [2.24, 2.45) is 0 Å². The third-order valence-electron chi connectivity index (χ3n) is 5.00. The van der Waals surface area contributed by atoms with Crippen LogP contribution in [0, 0.1) is 0 Å². The number of hydrogen-bond acceptors (Lipinski definition) is 4. The van der Waals surface area contributed by atoms with E-state index in [4.69, 9.17) is 12.2 Å². The molecule has 154 valence electrons. The Hall–Kier alpha value is -3.77. The Balaban J connectivity index is 1.82. The van der Waals surface area contributed by atoms with E-state index in [0.29, 0.717) is 11.4 Å². The standard InChI is InChI=1S/C25H21N3O2S/c1-26(2)19-15-13-18(14-16-19)17-22-23(29)27(20-9-5-3-6-10-20)25(31)28(24(22)30)21-11-7-4-8-12-21/h3-17H,1-2H3. The molecule has 5 nitrogen and oxygen atoms in total. The Morgan fingerprint density at radius 1 is 0.710 bits per heavy atom. The molecular formula is C25H21N3O2S. The highest BCUT2D eigenvalue weighted by Gasteiger charge is 2.41. The van der Waals surface area contributed by atoms with E-state index in [9.17, 15) is 9.59 Å². The lowest BCUT2D eigenvalue weighted by Crippen LogP contribution is -2.56. The van der Waals surface area contributed by atoms with Gasteiger partial charge in [0.2, 0.25) is 0 Å². The molecule has 6 heteroatoms. The van der Waals surface area contributed by atoms with Gasteiger partial charge in [0.1, 0.15) is 5.57 Å². The van der Waals surface area contributed by atoms with E-state index in [-0.39, 0.29) is 10.7 Å². The Kier molecular flexibility index (Phi) is 5.64. The Morgan fingerprint density at radius 2 is 1.16 bits per heavy atom. The lowest BCUT2D eigenvalue weighted by Gasteiger charge is -2.36. The molecule has 3 aromatic rings. The van der Waals surface area contributed by atoms with E-state index in [1.165, 1.54) is 9.80 Å². The quantitative estimate of drug-likeness (QED) is 0.349. The zero-order valence-electron chi connectivity index (χ0n) is 17.2. The van der Waals surface area contributed by atoms with Gasteiger partial charge >= 0.3 is 0 Å². The van der Waals surface area contributed by atoms with Crippen molar-refractivity contribution in [1.82, 2.24) is 0 Å². The first-order valence-corrected chi connectivity index (χ1v) is 10.2. The smallest absolute Gasteiger partial charge is 0.270 e. The zero-order valence-corrected chi connectivity index (χ0v) is 18.0. The summed E-state index contributed by atoms with van der Waals surface area (Å²) in [6.07, 6.45) is 1.62. The zero-order chi connectivity index (χ0) is 22.0. The van der Waals surface area contributed by atoms with Gasteiger partial charge in [-0.05, 0) is 60.3 Å². The summed E-state index contributed by atoms with van der Waals surface area (Å²) in [5.41, 5.74) is 3.07. The maximum atomic E-state index is 13.4. The van der Waals surface area contributed by atoms with Gasteiger partial charge in [-0.3, -0.25) is 19.4 Å². The molecule has 1 heterocycles. The summed E-state index contributed by atoms with van der Waals surface area (Å²) in [4.78, 5) is 31.6. The van der Waals surface area contributed by atoms with E-state index in [0.717, 1.165) is 11.3 Å². The van der Waals surface area contributed by atoms with Crippen LogP contribution in [0.5, 0.6) is 0 Å². The molecule has 1 aliphatic rings. The highest BCUT2D eigenvalue weighted by molar-refractivity contribution is 7.81. The summed E-state index contributed by atoms with van der Waals surface area (Å²) in [7, 11) is 3.91. The van der Waals surface area contributed by atoms with Gasteiger partial charge in [0.25, 0.3) is 11.8 Å². The average Bonchev–Trinajstić information content (AvgIpc) is 2.78. The predicted molar refractivity (Wildman–Crippen MR) is 129 cm³/mol. The number of para-hydroxylation sites is 2. The second-order valence-corrected chi connectivity index (χ2v) is 7.64. The van der Waals surface area contributed by atoms with Crippen LogP contribution >= 0.6 is 12.2 Å². The number of thiocarbonyl (C=S) groups is 1. The number of anilines is 3. The molecule has 3 aromatic carbocycles. The minimum Gasteiger partial charge on any atom is -0.378 e. The van der Waals surface area contributed by atoms with Crippen LogP contribution in [-0.4, -0.2) is 31.0 Å². The van der Waals surface area contributed by atoms with Crippen LogP contribution in [0.25, 0.3) is 6.08 Å². The van der Waals surface area contributed by atoms with Crippen molar-refractivity contribution in [3.63, 3.8) is 0 Å². The van der Waals surface area contributed by atoms with Gasteiger partial charge in [-0.25, -0.2) is 0 Å². The van der Waals surface area contributed by atoms with Crippen LogP contribution in [0.1, 0.15) is 5.56 Å². The summed E-state index contributed by atoms with van der Waals surface area (Å²) in [6.45, 7) is 0. The summed E-state index contributed by atoms with van der Waals surface area (Å²) in [6, 6.07) is 25.9. The topological polar surface area (TPSA) is 43.9 Å². The normalized spacial score (nSPS) is 14.1. The molecule has 4 rings (SSSR count). The van der Waals surface area contributed by atoms with Crippen LogP contribution in [0.15, 0.2) is 90.5 Å². The van der Waals surface area contributed by atoms with Gasteiger partial charge in [0, 0.05) is 19.8 Å². The molecule has 0 aliphatic carbocycles. The van der Waals surface area contributed by atoms with Crippen molar-refractivity contribution >= 4 is 52.3 Å². The number of hydrogen-bond donors (Lipinski definition) is 0. The molecule has 0 N–H and O–H groups in total. The van der Waals surface area contributed by atoms with Crippen LogP contribution in [-0.2, 0) is 9.59 Å². The van der Waals surface area contributed by atoms with Crippen molar-refractivity contribution in [3.8, 4) is 0 Å². The van der Waals surface area contributed by atoms with E-state index in [1.54, 1.807) is 30.3 Å². The minimum absolute atomic E-state index is 0.0545. The fraction of sp³-hybridized carbons (Fsp3) is 0.0800. The molecule has 0 aromatic heterocycles. The molecule has 0 bridgehead atoms. The lowest BCUT2D eigenvalue weighted by atomic mass is 10.0. The number of amides is 2. The lowest BCUT2D eigenvalue weighted by molar-refractivity contribution is -0.120. The van der Waals surface area contributed by atoms with Gasteiger partial charge in [0.15, 0.2) is 5.11 Å². The van der Waals surface area contributed by atoms with Crippen molar-refractivity contribution in [2.75, 3.05) is 28.8 Å². The SMILES string of the molecule is CN(C)c1ccc(C=C2C(=O)N(c3ccccc3)C(=S)N(c3ccccc3)C2=O)cc1. The molecule has 0 saturated carbocycles. The number of carbonyl (C=O) groups is 2. The number of rotatable bonds is 4. The molecule has 2 amide bonds. The molecule has 0 atom stereocenters. The monoisotopic (exact) mass is 427 g/mol. The number of nitrogens with zero attached hydrogens (tertiary/aromatic N) is 3.